The van der Waals surface area contributed by atoms with Gasteiger partial charge in [0.05, 0.1) is 6.10 Å². The van der Waals surface area contributed by atoms with Gasteiger partial charge in [-0.25, -0.2) is 0 Å². The molecule has 3 aliphatic carbocycles. The first kappa shape index (κ1) is 13.3. The molecule has 0 radical (unpaired) electrons. The summed E-state index contributed by atoms with van der Waals surface area (Å²) in [5.74, 6) is 2.93. The summed E-state index contributed by atoms with van der Waals surface area (Å²) >= 11 is 0. The van der Waals surface area contributed by atoms with Crippen LogP contribution in [0.5, 0.6) is 0 Å². The molecule has 0 bridgehead atoms. The van der Waals surface area contributed by atoms with Crippen LogP contribution in [-0.2, 0) is 4.79 Å². The molecule has 1 aliphatic heterocycles. The minimum absolute atomic E-state index is 0.0376. The van der Waals surface area contributed by atoms with Crippen molar-refractivity contribution in [3.63, 3.8) is 0 Å². The first-order valence-electron chi connectivity index (χ1n) is 8.41. The van der Waals surface area contributed by atoms with E-state index in [0.717, 1.165) is 45.2 Å². The number of carbonyl (C=O) groups excluding carboxylic acids is 1. The van der Waals surface area contributed by atoms with Crippen molar-refractivity contribution in [3.05, 3.63) is 0 Å². The summed E-state index contributed by atoms with van der Waals surface area (Å²) in [6.45, 7) is 4.49. The molecule has 3 saturated carbocycles. The Kier molecular flexibility index (Phi) is 2.85. The van der Waals surface area contributed by atoms with E-state index >= 15 is 0 Å². The number of rotatable bonds is 0. The standard InChI is InChI=1S/C17H27NO2/c1-10-5-12-7-14(19)16-13-3-4-18(2)9-11(13)8-17(12,16)15(20)6-10/h10-13,15-16,20H,3-9H2,1-2H3/t10-,11+,12+,13+,15-,16+,17-/m0/s1. The monoisotopic (exact) mass is 277 g/mol. The molecule has 0 amide bonds. The molecule has 1 spiro atoms. The highest BCUT2D eigenvalue weighted by Gasteiger charge is 2.67. The van der Waals surface area contributed by atoms with Gasteiger partial charge in [0.2, 0.25) is 0 Å². The highest BCUT2D eigenvalue weighted by molar-refractivity contribution is 5.86. The van der Waals surface area contributed by atoms with Crippen molar-refractivity contribution in [2.45, 2.75) is 45.1 Å². The number of aliphatic hydroxyl groups excluding tert-OH is 1. The fourth-order valence-electron chi connectivity index (χ4n) is 6.49. The van der Waals surface area contributed by atoms with Gasteiger partial charge in [0.15, 0.2) is 0 Å². The Balaban J connectivity index is 1.72. The number of likely N-dealkylation sites (tertiary alicyclic amines) is 1. The largest absolute Gasteiger partial charge is 0.393 e. The number of hydrogen-bond acceptors (Lipinski definition) is 3. The SMILES string of the molecule is C[C@H]1C[C@@H]2CC(=O)[C@H]3[C@@H]4CCN(C)C[C@H]4C[C@@]23[C@@H](O)C1. The lowest BCUT2D eigenvalue weighted by atomic mass is 9.60. The molecule has 3 nitrogen and oxygen atoms in total. The fourth-order valence-corrected chi connectivity index (χ4v) is 6.49. The normalized spacial score (nSPS) is 55.5. The van der Waals surface area contributed by atoms with Gasteiger partial charge in [-0.2, -0.15) is 0 Å². The highest BCUT2D eigenvalue weighted by Crippen LogP contribution is 2.67. The first-order chi connectivity index (χ1) is 9.52. The van der Waals surface area contributed by atoms with Crippen molar-refractivity contribution in [1.82, 2.24) is 4.90 Å². The van der Waals surface area contributed by atoms with E-state index in [0.29, 0.717) is 29.5 Å². The average Bonchev–Trinajstić information content (AvgIpc) is 2.83. The molecule has 1 N–H and O–H groups in total. The first-order valence-corrected chi connectivity index (χ1v) is 8.41. The lowest BCUT2D eigenvalue weighted by Crippen LogP contribution is -2.47. The van der Waals surface area contributed by atoms with E-state index in [2.05, 4.69) is 18.9 Å². The van der Waals surface area contributed by atoms with Crippen molar-refractivity contribution in [1.29, 1.82) is 0 Å². The number of carbonyl (C=O) groups is 1. The van der Waals surface area contributed by atoms with Crippen LogP contribution >= 0.6 is 0 Å². The second kappa shape index (κ2) is 4.30. The Hall–Kier alpha value is -0.410. The molecular formula is C17H27NO2. The lowest BCUT2D eigenvalue weighted by molar-refractivity contribution is -0.126. The van der Waals surface area contributed by atoms with Gasteiger partial charge in [0.25, 0.3) is 0 Å². The number of nitrogens with zero attached hydrogens (tertiary/aromatic N) is 1. The fraction of sp³-hybridized carbons (Fsp3) is 0.941. The van der Waals surface area contributed by atoms with Crippen molar-refractivity contribution >= 4 is 5.78 Å². The zero-order chi connectivity index (χ0) is 14.1. The second-order valence-corrected chi connectivity index (χ2v) is 8.23. The predicted molar refractivity (Wildman–Crippen MR) is 77.2 cm³/mol. The number of piperidine rings is 1. The van der Waals surface area contributed by atoms with E-state index in [1.807, 2.05) is 0 Å². The maximum Gasteiger partial charge on any atom is 0.137 e. The quantitative estimate of drug-likeness (QED) is 0.735. The zero-order valence-corrected chi connectivity index (χ0v) is 12.7. The van der Waals surface area contributed by atoms with Crippen LogP contribution in [-0.4, -0.2) is 42.0 Å². The molecule has 4 rings (SSSR count). The van der Waals surface area contributed by atoms with Crippen LogP contribution in [0.25, 0.3) is 0 Å². The second-order valence-electron chi connectivity index (χ2n) is 8.23. The molecule has 112 valence electrons. The van der Waals surface area contributed by atoms with Gasteiger partial charge < -0.3 is 10.0 Å². The van der Waals surface area contributed by atoms with Crippen LogP contribution in [0.4, 0.5) is 0 Å². The van der Waals surface area contributed by atoms with E-state index in [-0.39, 0.29) is 17.4 Å². The van der Waals surface area contributed by atoms with Gasteiger partial charge >= 0.3 is 0 Å². The Morgan fingerprint density at radius 3 is 2.95 bits per heavy atom. The number of fused-ring (bicyclic) bond motifs is 2. The molecule has 0 aromatic heterocycles. The molecule has 0 aromatic carbocycles. The molecule has 1 saturated heterocycles. The number of hydrogen-bond donors (Lipinski definition) is 1. The smallest absolute Gasteiger partial charge is 0.137 e. The van der Waals surface area contributed by atoms with Crippen LogP contribution < -0.4 is 0 Å². The third-order valence-corrected chi connectivity index (χ3v) is 7.11. The average molecular weight is 277 g/mol. The van der Waals surface area contributed by atoms with E-state index in [9.17, 15) is 9.90 Å². The summed E-state index contributed by atoms with van der Waals surface area (Å²) < 4.78 is 0. The minimum atomic E-state index is -0.233. The van der Waals surface area contributed by atoms with Crippen molar-refractivity contribution < 1.29 is 9.90 Å². The van der Waals surface area contributed by atoms with Crippen LogP contribution in [0.15, 0.2) is 0 Å². The van der Waals surface area contributed by atoms with Crippen LogP contribution in [0, 0.1) is 35.0 Å². The molecule has 7 atom stereocenters. The molecule has 4 fully saturated rings. The van der Waals surface area contributed by atoms with E-state index in [1.54, 1.807) is 0 Å². The Labute approximate surface area is 121 Å². The highest BCUT2D eigenvalue weighted by atomic mass is 16.3. The number of ketones is 1. The Bertz CT molecular complexity index is 437. The van der Waals surface area contributed by atoms with Gasteiger partial charge in [-0.05, 0) is 62.9 Å². The van der Waals surface area contributed by atoms with Gasteiger partial charge in [0.1, 0.15) is 5.78 Å². The van der Waals surface area contributed by atoms with Crippen molar-refractivity contribution in [3.8, 4) is 0 Å². The third kappa shape index (κ3) is 1.57. The van der Waals surface area contributed by atoms with E-state index in [1.165, 1.54) is 0 Å². The topological polar surface area (TPSA) is 40.5 Å². The van der Waals surface area contributed by atoms with Gasteiger partial charge in [-0.3, -0.25) is 4.79 Å². The number of Topliss-reactive ketones (excluding diaryl/α,β-unsaturated/α-hetero) is 1. The third-order valence-electron chi connectivity index (χ3n) is 7.11. The summed E-state index contributed by atoms with van der Waals surface area (Å²) in [5.41, 5.74) is -0.0376. The summed E-state index contributed by atoms with van der Waals surface area (Å²) in [6, 6.07) is 0. The zero-order valence-electron chi connectivity index (χ0n) is 12.7. The summed E-state index contributed by atoms with van der Waals surface area (Å²) in [4.78, 5) is 15.1. The van der Waals surface area contributed by atoms with Crippen LogP contribution in [0.3, 0.4) is 0 Å². The van der Waals surface area contributed by atoms with Gasteiger partial charge in [0, 0.05) is 24.3 Å². The van der Waals surface area contributed by atoms with Crippen molar-refractivity contribution in [2.75, 3.05) is 20.1 Å². The molecule has 0 unspecified atom stereocenters. The molecule has 3 heteroatoms. The minimum Gasteiger partial charge on any atom is -0.393 e. The Morgan fingerprint density at radius 2 is 2.15 bits per heavy atom. The van der Waals surface area contributed by atoms with Crippen LogP contribution in [0.1, 0.15) is 39.0 Å². The number of aliphatic hydroxyl groups is 1. The summed E-state index contributed by atoms with van der Waals surface area (Å²) in [7, 11) is 2.20. The predicted octanol–water partition coefficient (Wildman–Crippen LogP) is 1.94. The summed E-state index contributed by atoms with van der Waals surface area (Å²) in [5, 5.41) is 10.9. The van der Waals surface area contributed by atoms with Crippen molar-refractivity contribution in [2.24, 2.45) is 35.0 Å². The Morgan fingerprint density at radius 1 is 1.35 bits per heavy atom. The maximum absolute atomic E-state index is 12.7. The molecule has 20 heavy (non-hydrogen) atoms. The summed E-state index contributed by atoms with van der Waals surface area (Å²) in [6.07, 6.45) is 4.86. The molecule has 4 aliphatic rings. The maximum atomic E-state index is 12.7. The van der Waals surface area contributed by atoms with E-state index < -0.39 is 0 Å². The molecule has 0 aromatic rings. The molecule has 1 heterocycles. The van der Waals surface area contributed by atoms with Crippen LogP contribution in [0.2, 0.25) is 0 Å². The van der Waals surface area contributed by atoms with E-state index in [4.69, 9.17) is 0 Å². The van der Waals surface area contributed by atoms with Gasteiger partial charge in [-0.15, -0.1) is 0 Å². The lowest BCUT2D eigenvalue weighted by Gasteiger charge is -2.46. The van der Waals surface area contributed by atoms with Gasteiger partial charge in [-0.1, -0.05) is 6.92 Å². The molecular weight excluding hydrogens is 250 g/mol.